The van der Waals surface area contributed by atoms with Gasteiger partial charge in [-0.25, -0.2) is 0 Å². The molecule has 1 aliphatic rings. The first-order chi connectivity index (χ1) is 9.38. The van der Waals surface area contributed by atoms with Crippen molar-refractivity contribution < 1.29 is 14.7 Å². The van der Waals surface area contributed by atoms with Gasteiger partial charge in [-0.05, 0) is 38.8 Å². The van der Waals surface area contributed by atoms with Crippen molar-refractivity contribution in [2.75, 3.05) is 6.54 Å². The molecule has 1 aromatic carbocycles. The van der Waals surface area contributed by atoms with Gasteiger partial charge in [0.05, 0.1) is 5.92 Å². The zero-order chi connectivity index (χ0) is 14.9. The number of hydrogen-bond donors (Lipinski definition) is 1. The molecule has 1 aromatic rings. The highest BCUT2D eigenvalue weighted by Gasteiger charge is 2.34. The maximum atomic E-state index is 12.6. The molecule has 0 saturated heterocycles. The summed E-state index contributed by atoms with van der Waals surface area (Å²) in [7, 11) is 0. The van der Waals surface area contributed by atoms with Crippen LogP contribution >= 0.6 is 0 Å². The Labute approximate surface area is 119 Å². The van der Waals surface area contributed by atoms with Crippen LogP contribution in [0.2, 0.25) is 0 Å². The summed E-state index contributed by atoms with van der Waals surface area (Å²) in [5.74, 6) is -1.44. The molecule has 1 N–H and O–H groups in total. The van der Waals surface area contributed by atoms with Gasteiger partial charge in [-0.1, -0.05) is 24.1 Å². The van der Waals surface area contributed by atoms with Crippen LogP contribution < -0.4 is 0 Å². The molecule has 1 amide bonds. The molecule has 0 aromatic heterocycles. The van der Waals surface area contributed by atoms with Crippen LogP contribution in [0.5, 0.6) is 0 Å². The van der Waals surface area contributed by atoms with Crippen LogP contribution in [0.15, 0.2) is 18.2 Å². The molecule has 108 valence electrons. The van der Waals surface area contributed by atoms with Crippen molar-refractivity contribution in [3.8, 4) is 0 Å². The van der Waals surface area contributed by atoms with E-state index in [9.17, 15) is 9.59 Å². The standard InChI is InChI=1S/C16H21NO3/c1-10-6-11(2)8-13(7-10)15(18)17(14-4-5-14)9-12(3)16(19)20/h6-8,12,14H,4-5,9H2,1-3H3,(H,19,20). The van der Waals surface area contributed by atoms with E-state index in [1.807, 2.05) is 32.0 Å². The number of aryl methyl sites for hydroxylation is 2. The minimum atomic E-state index is -0.858. The summed E-state index contributed by atoms with van der Waals surface area (Å²) >= 11 is 0. The first-order valence-corrected chi connectivity index (χ1v) is 7.00. The number of carboxylic acids is 1. The summed E-state index contributed by atoms with van der Waals surface area (Å²) < 4.78 is 0. The summed E-state index contributed by atoms with van der Waals surface area (Å²) in [5, 5.41) is 9.04. The van der Waals surface area contributed by atoms with Gasteiger partial charge in [0.15, 0.2) is 0 Å². The third-order valence-corrected chi connectivity index (χ3v) is 3.61. The lowest BCUT2D eigenvalue weighted by Gasteiger charge is -2.24. The second-order valence-electron chi connectivity index (χ2n) is 5.80. The fourth-order valence-corrected chi connectivity index (χ4v) is 2.42. The highest BCUT2D eigenvalue weighted by Crippen LogP contribution is 2.29. The van der Waals surface area contributed by atoms with E-state index >= 15 is 0 Å². The lowest BCUT2D eigenvalue weighted by atomic mass is 10.1. The first kappa shape index (κ1) is 14.6. The number of carbonyl (C=O) groups excluding carboxylic acids is 1. The SMILES string of the molecule is Cc1cc(C)cc(C(=O)N(CC(C)C(=O)O)C2CC2)c1. The molecule has 0 bridgehead atoms. The number of hydrogen-bond acceptors (Lipinski definition) is 2. The first-order valence-electron chi connectivity index (χ1n) is 7.00. The highest BCUT2D eigenvalue weighted by atomic mass is 16.4. The summed E-state index contributed by atoms with van der Waals surface area (Å²) in [4.78, 5) is 25.4. The minimum absolute atomic E-state index is 0.0487. The second-order valence-corrected chi connectivity index (χ2v) is 5.80. The minimum Gasteiger partial charge on any atom is -0.481 e. The van der Waals surface area contributed by atoms with E-state index in [1.165, 1.54) is 0 Å². The van der Waals surface area contributed by atoms with Gasteiger partial charge in [-0.15, -0.1) is 0 Å². The maximum absolute atomic E-state index is 12.6. The number of amides is 1. The number of nitrogens with zero attached hydrogens (tertiary/aromatic N) is 1. The smallest absolute Gasteiger partial charge is 0.308 e. The molecule has 1 unspecified atom stereocenters. The van der Waals surface area contributed by atoms with Crippen LogP contribution in [0.3, 0.4) is 0 Å². The maximum Gasteiger partial charge on any atom is 0.308 e. The fourth-order valence-electron chi connectivity index (χ4n) is 2.42. The van der Waals surface area contributed by atoms with E-state index in [-0.39, 0.29) is 18.5 Å². The zero-order valence-corrected chi connectivity index (χ0v) is 12.2. The van der Waals surface area contributed by atoms with Gasteiger partial charge < -0.3 is 10.0 Å². The van der Waals surface area contributed by atoms with Crippen molar-refractivity contribution in [3.05, 3.63) is 34.9 Å². The van der Waals surface area contributed by atoms with E-state index in [0.717, 1.165) is 24.0 Å². The van der Waals surface area contributed by atoms with Crippen LogP contribution in [0.1, 0.15) is 41.3 Å². The van der Waals surface area contributed by atoms with Crippen molar-refractivity contribution in [1.82, 2.24) is 4.90 Å². The molecule has 2 rings (SSSR count). The molecule has 0 aliphatic heterocycles. The Morgan fingerprint density at radius 3 is 2.25 bits per heavy atom. The van der Waals surface area contributed by atoms with E-state index < -0.39 is 11.9 Å². The number of benzene rings is 1. The van der Waals surface area contributed by atoms with Gasteiger partial charge in [0, 0.05) is 18.2 Å². The third kappa shape index (κ3) is 3.38. The number of carboxylic acid groups (broad SMARTS) is 1. The van der Waals surface area contributed by atoms with Crippen molar-refractivity contribution in [1.29, 1.82) is 0 Å². The van der Waals surface area contributed by atoms with E-state index in [2.05, 4.69) is 0 Å². The van der Waals surface area contributed by atoms with Gasteiger partial charge in [0.1, 0.15) is 0 Å². The molecule has 0 spiro atoms. The van der Waals surface area contributed by atoms with Crippen molar-refractivity contribution in [2.45, 2.75) is 39.7 Å². The topological polar surface area (TPSA) is 57.6 Å². The van der Waals surface area contributed by atoms with Crippen molar-refractivity contribution in [2.24, 2.45) is 5.92 Å². The molecule has 1 atom stereocenters. The number of carbonyl (C=O) groups is 2. The Morgan fingerprint density at radius 2 is 1.80 bits per heavy atom. The average Bonchev–Trinajstić information content (AvgIpc) is 3.17. The van der Waals surface area contributed by atoms with Gasteiger partial charge in [-0.3, -0.25) is 9.59 Å². The highest BCUT2D eigenvalue weighted by molar-refractivity contribution is 5.95. The largest absolute Gasteiger partial charge is 0.481 e. The van der Waals surface area contributed by atoms with E-state index in [0.29, 0.717) is 5.56 Å². The summed E-state index contributed by atoms with van der Waals surface area (Å²) in [5.41, 5.74) is 2.76. The van der Waals surface area contributed by atoms with Gasteiger partial charge in [-0.2, -0.15) is 0 Å². The molecule has 20 heavy (non-hydrogen) atoms. The molecule has 4 heteroatoms. The molecule has 0 heterocycles. The normalized spacial score (nSPS) is 15.8. The van der Waals surface area contributed by atoms with Crippen molar-refractivity contribution >= 4 is 11.9 Å². The second kappa shape index (κ2) is 5.65. The number of rotatable bonds is 5. The number of aliphatic carboxylic acids is 1. The Morgan fingerprint density at radius 1 is 1.25 bits per heavy atom. The third-order valence-electron chi connectivity index (χ3n) is 3.61. The van der Waals surface area contributed by atoms with E-state index in [4.69, 9.17) is 5.11 Å². The van der Waals surface area contributed by atoms with Gasteiger partial charge >= 0.3 is 5.97 Å². The van der Waals surface area contributed by atoms with E-state index in [1.54, 1.807) is 11.8 Å². The molecule has 0 radical (unpaired) electrons. The summed E-state index contributed by atoms with van der Waals surface area (Å²) in [6.07, 6.45) is 1.95. The quantitative estimate of drug-likeness (QED) is 0.898. The van der Waals surface area contributed by atoms with Gasteiger partial charge in [0.2, 0.25) is 0 Å². The molecule has 4 nitrogen and oxygen atoms in total. The molecular formula is C16H21NO3. The van der Waals surface area contributed by atoms with Crippen LogP contribution in [-0.4, -0.2) is 34.5 Å². The van der Waals surface area contributed by atoms with Crippen molar-refractivity contribution in [3.63, 3.8) is 0 Å². The lowest BCUT2D eigenvalue weighted by molar-refractivity contribution is -0.141. The predicted octanol–water partition coefficient (Wildman–Crippen LogP) is 2.63. The zero-order valence-electron chi connectivity index (χ0n) is 12.2. The lowest BCUT2D eigenvalue weighted by Crippen LogP contribution is -2.38. The molecule has 1 fully saturated rings. The molecule has 1 saturated carbocycles. The van der Waals surface area contributed by atoms with Crippen LogP contribution in [0, 0.1) is 19.8 Å². The van der Waals surface area contributed by atoms with Crippen LogP contribution in [0.25, 0.3) is 0 Å². The monoisotopic (exact) mass is 275 g/mol. The predicted molar refractivity (Wildman–Crippen MR) is 76.8 cm³/mol. The molecule has 1 aliphatic carbocycles. The molecular weight excluding hydrogens is 254 g/mol. The van der Waals surface area contributed by atoms with Gasteiger partial charge in [0.25, 0.3) is 5.91 Å². The summed E-state index contributed by atoms with van der Waals surface area (Å²) in [6.45, 7) is 5.86. The Hall–Kier alpha value is -1.84. The summed E-state index contributed by atoms with van der Waals surface area (Å²) in [6, 6.07) is 5.98. The Balaban J connectivity index is 2.20. The Kier molecular flexibility index (Phi) is 4.12. The Bertz CT molecular complexity index is 514. The fraction of sp³-hybridized carbons (Fsp3) is 0.500. The average molecular weight is 275 g/mol. The van der Waals surface area contributed by atoms with Crippen LogP contribution in [-0.2, 0) is 4.79 Å². The van der Waals surface area contributed by atoms with Crippen LogP contribution in [0.4, 0.5) is 0 Å².